The van der Waals surface area contributed by atoms with E-state index in [-0.39, 0.29) is 0 Å². The SMILES string of the molecule is COc1cc2[nH]nc(CCN3CCN(c4cccc(Cl)c4CN)CC3)c2cc1OC. The van der Waals surface area contributed by atoms with Gasteiger partial charge in [0, 0.05) is 73.4 Å². The number of nitrogens with zero attached hydrogens (tertiary/aromatic N) is 3. The molecule has 1 aliphatic rings. The van der Waals surface area contributed by atoms with Gasteiger partial charge >= 0.3 is 0 Å². The number of nitrogens with two attached hydrogens (primary N) is 1. The number of hydrogen-bond acceptors (Lipinski definition) is 6. The van der Waals surface area contributed by atoms with Gasteiger partial charge in [-0.25, -0.2) is 0 Å². The Labute approximate surface area is 181 Å². The van der Waals surface area contributed by atoms with E-state index >= 15 is 0 Å². The highest BCUT2D eigenvalue weighted by Gasteiger charge is 2.20. The minimum Gasteiger partial charge on any atom is -0.493 e. The molecule has 0 bridgehead atoms. The summed E-state index contributed by atoms with van der Waals surface area (Å²) < 4.78 is 10.8. The number of anilines is 1. The van der Waals surface area contributed by atoms with Crippen LogP contribution in [0.1, 0.15) is 11.3 Å². The van der Waals surface area contributed by atoms with Crippen LogP contribution < -0.4 is 20.1 Å². The second kappa shape index (κ2) is 9.12. The van der Waals surface area contributed by atoms with Gasteiger partial charge in [0.05, 0.1) is 25.4 Å². The summed E-state index contributed by atoms with van der Waals surface area (Å²) in [6.07, 6.45) is 0.876. The number of methoxy groups -OCH3 is 2. The molecule has 7 nitrogen and oxygen atoms in total. The number of nitrogens with one attached hydrogen (secondary N) is 1. The van der Waals surface area contributed by atoms with E-state index in [2.05, 4.69) is 26.1 Å². The van der Waals surface area contributed by atoms with Crippen LogP contribution in [-0.4, -0.2) is 62.0 Å². The van der Waals surface area contributed by atoms with Gasteiger partial charge in [-0.05, 0) is 18.2 Å². The number of rotatable bonds is 7. The summed E-state index contributed by atoms with van der Waals surface area (Å²) in [7, 11) is 3.29. The van der Waals surface area contributed by atoms with Crippen LogP contribution in [0, 0.1) is 0 Å². The predicted molar refractivity (Wildman–Crippen MR) is 121 cm³/mol. The minimum absolute atomic E-state index is 0.454. The summed E-state index contributed by atoms with van der Waals surface area (Å²) >= 11 is 6.33. The molecule has 0 radical (unpaired) electrons. The standard InChI is InChI=1S/C22H28ClN5O2/c1-29-21-12-15-18(25-26-19(15)13-22(21)30-2)6-7-27-8-10-28(11-9-27)20-5-3-4-17(23)16(20)14-24/h3-5,12-13H,6-11,14,24H2,1-2H3,(H,25,26). The number of hydrogen-bond donors (Lipinski definition) is 2. The first-order chi connectivity index (χ1) is 14.6. The summed E-state index contributed by atoms with van der Waals surface area (Å²) in [6.45, 7) is 5.32. The summed E-state index contributed by atoms with van der Waals surface area (Å²) in [4.78, 5) is 4.86. The summed E-state index contributed by atoms with van der Waals surface area (Å²) in [5.74, 6) is 1.42. The number of H-pyrrole nitrogens is 1. The first kappa shape index (κ1) is 20.8. The molecule has 3 aromatic rings. The molecular weight excluding hydrogens is 402 g/mol. The summed E-state index contributed by atoms with van der Waals surface area (Å²) in [5.41, 5.74) is 10.1. The van der Waals surface area contributed by atoms with E-state index in [4.69, 9.17) is 26.8 Å². The molecule has 160 valence electrons. The molecule has 0 aliphatic carbocycles. The van der Waals surface area contributed by atoms with E-state index in [0.29, 0.717) is 12.3 Å². The molecule has 0 unspecified atom stereocenters. The highest BCUT2D eigenvalue weighted by atomic mass is 35.5. The van der Waals surface area contributed by atoms with Crippen LogP contribution in [0.15, 0.2) is 30.3 Å². The number of ether oxygens (including phenoxy) is 2. The normalized spacial score (nSPS) is 15.0. The number of fused-ring (bicyclic) bond motifs is 1. The average Bonchev–Trinajstić information content (AvgIpc) is 3.18. The Bertz CT molecular complexity index is 1010. The maximum Gasteiger partial charge on any atom is 0.162 e. The maximum atomic E-state index is 6.33. The number of aromatic amines is 1. The fraction of sp³-hybridized carbons (Fsp3) is 0.409. The smallest absolute Gasteiger partial charge is 0.162 e. The molecule has 2 aromatic carbocycles. The average molecular weight is 430 g/mol. The molecule has 1 saturated heterocycles. The second-order valence-electron chi connectivity index (χ2n) is 7.44. The van der Waals surface area contributed by atoms with E-state index in [1.807, 2.05) is 24.3 Å². The molecule has 0 atom stereocenters. The topological polar surface area (TPSA) is 79.6 Å². The quantitative estimate of drug-likeness (QED) is 0.601. The summed E-state index contributed by atoms with van der Waals surface area (Å²) in [5, 5.41) is 9.46. The van der Waals surface area contributed by atoms with Gasteiger partial charge in [0.1, 0.15) is 0 Å². The highest BCUT2D eigenvalue weighted by molar-refractivity contribution is 6.31. The van der Waals surface area contributed by atoms with Crippen LogP contribution in [0.2, 0.25) is 5.02 Å². The fourth-order valence-electron chi connectivity index (χ4n) is 4.11. The second-order valence-corrected chi connectivity index (χ2v) is 7.85. The zero-order valence-electron chi connectivity index (χ0n) is 17.4. The Balaban J connectivity index is 1.39. The number of aromatic nitrogens is 2. The van der Waals surface area contributed by atoms with E-state index in [1.54, 1.807) is 14.2 Å². The van der Waals surface area contributed by atoms with Crippen molar-refractivity contribution in [3.8, 4) is 11.5 Å². The Morgan fingerprint density at radius 3 is 2.53 bits per heavy atom. The van der Waals surface area contributed by atoms with Gasteiger partial charge in [0.25, 0.3) is 0 Å². The molecule has 30 heavy (non-hydrogen) atoms. The van der Waals surface area contributed by atoms with Crippen molar-refractivity contribution >= 4 is 28.2 Å². The molecular formula is C22H28ClN5O2. The zero-order valence-corrected chi connectivity index (χ0v) is 18.2. The van der Waals surface area contributed by atoms with Crippen molar-refractivity contribution in [2.75, 3.05) is 51.8 Å². The van der Waals surface area contributed by atoms with E-state index in [1.165, 1.54) is 0 Å². The molecule has 4 rings (SSSR count). The highest BCUT2D eigenvalue weighted by Crippen LogP contribution is 2.33. The fourth-order valence-corrected chi connectivity index (χ4v) is 4.36. The molecule has 3 N–H and O–H groups in total. The number of piperazine rings is 1. The monoisotopic (exact) mass is 429 g/mol. The lowest BCUT2D eigenvalue weighted by Gasteiger charge is -2.37. The number of halogens is 1. The third-order valence-corrected chi connectivity index (χ3v) is 6.18. The third-order valence-electron chi connectivity index (χ3n) is 5.82. The van der Waals surface area contributed by atoms with Gasteiger partial charge in [-0.3, -0.25) is 10.00 Å². The van der Waals surface area contributed by atoms with E-state index < -0.39 is 0 Å². The van der Waals surface area contributed by atoms with Gasteiger partial charge < -0.3 is 20.1 Å². The first-order valence-electron chi connectivity index (χ1n) is 10.2. The van der Waals surface area contributed by atoms with Crippen molar-refractivity contribution in [3.05, 3.63) is 46.6 Å². The van der Waals surface area contributed by atoms with Crippen LogP contribution in [0.5, 0.6) is 11.5 Å². The van der Waals surface area contributed by atoms with Crippen molar-refractivity contribution in [2.24, 2.45) is 5.73 Å². The zero-order chi connectivity index (χ0) is 21.1. The Kier molecular flexibility index (Phi) is 6.32. The van der Waals surface area contributed by atoms with Crippen molar-refractivity contribution in [3.63, 3.8) is 0 Å². The Morgan fingerprint density at radius 2 is 1.83 bits per heavy atom. The van der Waals surface area contributed by atoms with Crippen LogP contribution in [0.4, 0.5) is 5.69 Å². The van der Waals surface area contributed by atoms with Crippen LogP contribution in [0.3, 0.4) is 0 Å². The van der Waals surface area contributed by atoms with Gasteiger partial charge in [-0.15, -0.1) is 0 Å². The van der Waals surface area contributed by atoms with Crippen molar-refractivity contribution in [2.45, 2.75) is 13.0 Å². The van der Waals surface area contributed by atoms with Crippen LogP contribution in [-0.2, 0) is 13.0 Å². The summed E-state index contributed by atoms with van der Waals surface area (Å²) in [6, 6.07) is 9.95. The minimum atomic E-state index is 0.454. The van der Waals surface area contributed by atoms with Gasteiger partial charge in [-0.1, -0.05) is 17.7 Å². The van der Waals surface area contributed by atoms with Gasteiger partial charge in [0.15, 0.2) is 11.5 Å². The maximum absolute atomic E-state index is 6.33. The first-order valence-corrected chi connectivity index (χ1v) is 10.6. The lowest BCUT2D eigenvalue weighted by molar-refractivity contribution is 0.260. The molecule has 1 aromatic heterocycles. The third kappa shape index (κ3) is 4.05. The largest absolute Gasteiger partial charge is 0.493 e. The van der Waals surface area contributed by atoms with Crippen LogP contribution >= 0.6 is 11.6 Å². The van der Waals surface area contributed by atoms with Gasteiger partial charge in [-0.2, -0.15) is 5.10 Å². The lowest BCUT2D eigenvalue weighted by Crippen LogP contribution is -2.47. The lowest BCUT2D eigenvalue weighted by atomic mass is 10.1. The van der Waals surface area contributed by atoms with Gasteiger partial charge in [0.2, 0.25) is 0 Å². The van der Waals surface area contributed by atoms with Crippen molar-refractivity contribution in [1.29, 1.82) is 0 Å². The molecule has 2 heterocycles. The molecule has 1 aliphatic heterocycles. The van der Waals surface area contributed by atoms with Crippen molar-refractivity contribution < 1.29 is 9.47 Å². The van der Waals surface area contributed by atoms with E-state index in [9.17, 15) is 0 Å². The molecule has 0 spiro atoms. The van der Waals surface area contributed by atoms with Crippen LogP contribution in [0.25, 0.3) is 10.9 Å². The number of benzene rings is 2. The van der Waals surface area contributed by atoms with Crippen molar-refractivity contribution in [1.82, 2.24) is 15.1 Å². The molecule has 1 fully saturated rings. The molecule has 0 amide bonds. The Hall–Kier alpha value is -2.48. The molecule has 0 saturated carbocycles. The predicted octanol–water partition coefficient (Wildman–Crippen LogP) is 3.06. The van der Waals surface area contributed by atoms with E-state index in [0.717, 1.165) is 77.8 Å². The molecule has 8 heteroatoms. The Morgan fingerprint density at radius 1 is 1.10 bits per heavy atom.